The summed E-state index contributed by atoms with van der Waals surface area (Å²) in [5.74, 6) is 0.660. The molecule has 1 aliphatic rings. The van der Waals surface area contributed by atoms with Gasteiger partial charge in [0.25, 0.3) is 5.91 Å². The number of nitrogens with one attached hydrogen (secondary N) is 1. The molecule has 1 N–H and O–H groups in total. The molecular formula is C18H23ClN2O. The highest BCUT2D eigenvalue weighted by Gasteiger charge is 2.17. The van der Waals surface area contributed by atoms with Crippen LogP contribution in [0.4, 0.5) is 0 Å². The zero-order valence-electron chi connectivity index (χ0n) is 13.1. The van der Waals surface area contributed by atoms with E-state index in [-0.39, 0.29) is 5.91 Å². The fourth-order valence-electron chi connectivity index (χ4n) is 3.44. The van der Waals surface area contributed by atoms with Gasteiger partial charge in [0.15, 0.2) is 0 Å². The molecule has 1 aromatic heterocycles. The number of carbonyl (C=O) groups excluding carboxylic acids is 1. The van der Waals surface area contributed by atoms with Gasteiger partial charge in [-0.05, 0) is 30.9 Å². The lowest BCUT2D eigenvalue weighted by Gasteiger charge is -2.14. The van der Waals surface area contributed by atoms with Crippen molar-refractivity contribution in [1.29, 1.82) is 0 Å². The molecule has 2 aromatic rings. The quantitative estimate of drug-likeness (QED) is 0.829. The van der Waals surface area contributed by atoms with Gasteiger partial charge in [-0.25, -0.2) is 0 Å². The number of aryl methyl sites for hydroxylation is 1. The average molecular weight is 319 g/mol. The second-order valence-corrected chi connectivity index (χ2v) is 6.82. The van der Waals surface area contributed by atoms with Crippen molar-refractivity contribution < 1.29 is 4.79 Å². The molecule has 1 aromatic carbocycles. The molecule has 0 unspecified atom stereocenters. The van der Waals surface area contributed by atoms with Gasteiger partial charge in [-0.15, -0.1) is 0 Å². The highest BCUT2D eigenvalue weighted by molar-refractivity contribution is 6.31. The molecule has 4 heteroatoms. The van der Waals surface area contributed by atoms with E-state index >= 15 is 0 Å². The highest BCUT2D eigenvalue weighted by atomic mass is 35.5. The summed E-state index contributed by atoms with van der Waals surface area (Å²) < 4.78 is 1.96. The van der Waals surface area contributed by atoms with Crippen LogP contribution in [0.25, 0.3) is 10.9 Å². The van der Waals surface area contributed by atoms with Crippen LogP contribution in [0.1, 0.15) is 48.9 Å². The monoisotopic (exact) mass is 318 g/mol. The van der Waals surface area contributed by atoms with Gasteiger partial charge in [-0.3, -0.25) is 4.79 Å². The van der Waals surface area contributed by atoms with Crippen molar-refractivity contribution in [3.05, 3.63) is 35.0 Å². The molecular weight excluding hydrogens is 296 g/mol. The van der Waals surface area contributed by atoms with E-state index in [0.717, 1.165) is 23.0 Å². The predicted octanol–water partition coefficient (Wildman–Crippen LogP) is 4.53. The van der Waals surface area contributed by atoms with Crippen LogP contribution in [-0.2, 0) is 7.05 Å². The van der Waals surface area contributed by atoms with Gasteiger partial charge >= 0.3 is 0 Å². The van der Waals surface area contributed by atoms with Crippen LogP contribution in [0.3, 0.4) is 0 Å². The summed E-state index contributed by atoms with van der Waals surface area (Å²) >= 11 is 6.04. The first-order chi connectivity index (χ1) is 10.6. The zero-order chi connectivity index (χ0) is 15.5. The van der Waals surface area contributed by atoms with Gasteiger partial charge in [-0.2, -0.15) is 0 Å². The molecule has 0 spiro atoms. The lowest BCUT2D eigenvalue weighted by molar-refractivity contribution is 0.0947. The van der Waals surface area contributed by atoms with Crippen LogP contribution < -0.4 is 5.32 Å². The SMILES string of the molecule is Cn1cc(C(=O)NCC2CCCCCC2)c2ccc(Cl)cc21. The first kappa shape index (κ1) is 15.4. The largest absolute Gasteiger partial charge is 0.352 e. The summed E-state index contributed by atoms with van der Waals surface area (Å²) in [6.45, 7) is 0.794. The van der Waals surface area contributed by atoms with Crippen molar-refractivity contribution in [2.45, 2.75) is 38.5 Å². The molecule has 0 bridgehead atoms. The van der Waals surface area contributed by atoms with Gasteiger partial charge in [0.1, 0.15) is 0 Å². The van der Waals surface area contributed by atoms with Crippen molar-refractivity contribution in [2.24, 2.45) is 13.0 Å². The predicted molar refractivity (Wildman–Crippen MR) is 91.5 cm³/mol. The highest BCUT2D eigenvalue weighted by Crippen LogP contribution is 2.25. The molecule has 1 amide bonds. The number of rotatable bonds is 3. The first-order valence-electron chi connectivity index (χ1n) is 8.18. The number of aromatic nitrogens is 1. The Balaban J connectivity index is 1.72. The maximum Gasteiger partial charge on any atom is 0.253 e. The van der Waals surface area contributed by atoms with Crippen LogP contribution in [0.2, 0.25) is 5.02 Å². The molecule has 1 aliphatic carbocycles. The molecule has 0 atom stereocenters. The van der Waals surface area contributed by atoms with E-state index in [0.29, 0.717) is 10.9 Å². The number of fused-ring (bicyclic) bond motifs is 1. The lowest BCUT2D eigenvalue weighted by Crippen LogP contribution is -2.29. The van der Waals surface area contributed by atoms with Crippen molar-refractivity contribution in [3.8, 4) is 0 Å². The van der Waals surface area contributed by atoms with E-state index < -0.39 is 0 Å². The molecule has 1 heterocycles. The van der Waals surface area contributed by atoms with Gasteiger partial charge in [-0.1, -0.05) is 43.4 Å². The van der Waals surface area contributed by atoms with E-state index in [9.17, 15) is 4.79 Å². The summed E-state index contributed by atoms with van der Waals surface area (Å²) in [7, 11) is 1.95. The number of hydrogen-bond acceptors (Lipinski definition) is 1. The smallest absolute Gasteiger partial charge is 0.253 e. The second kappa shape index (κ2) is 6.74. The lowest BCUT2D eigenvalue weighted by atomic mass is 10.0. The molecule has 0 saturated heterocycles. The molecule has 3 rings (SSSR count). The van der Waals surface area contributed by atoms with Crippen LogP contribution in [0, 0.1) is 5.92 Å². The van der Waals surface area contributed by atoms with Gasteiger partial charge < -0.3 is 9.88 Å². The number of benzene rings is 1. The van der Waals surface area contributed by atoms with Crippen molar-refractivity contribution >= 4 is 28.4 Å². The molecule has 1 saturated carbocycles. The van der Waals surface area contributed by atoms with Gasteiger partial charge in [0.2, 0.25) is 0 Å². The minimum Gasteiger partial charge on any atom is -0.352 e. The van der Waals surface area contributed by atoms with Gasteiger partial charge in [0, 0.05) is 30.2 Å². The Bertz CT molecular complexity index is 669. The summed E-state index contributed by atoms with van der Waals surface area (Å²) in [5, 5.41) is 4.79. The normalized spacial score (nSPS) is 16.6. The Labute approximate surface area is 136 Å². The fourth-order valence-corrected chi connectivity index (χ4v) is 3.60. The molecule has 118 valence electrons. The van der Waals surface area contributed by atoms with E-state index in [1.807, 2.05) is 36.0 Å². The third-order valence-corrected chi connectivity index (χ3v) is 4.96. The van der Waals surface area contributed by atoms with Crippen LogP contribution in [0.5, 0.6) is 0 Å². The van der Waals surface area contributed by atoms with Crippen molar-refractivity contribution in [2.75, 3.05) is 6.54 Å². The summed E-state index contributed by atoms with van der Waals surface area (Å²) in [5.41, 5.74) is 1.73. The number of hydrogen-bond donors (Lipinski definition) is 1. The molecule has 22 heavy (non-hydrogen) atoms. The van der Waals surface area contributed by atoms with Crippen molar-refractivity contribution in [1.82, 2.24) is 9.88 Å². The van der Waals surface area contributed by atoms with E-state index in [1.165, 1.54) is 38.5 Å². The minimum absolute atomic E-state index is 0.0252. The second-order valence-electron chi connectivity index (χ2n) is 6.38. The number of nitrogens with zero attached hydrogens (tertiary/aromatic N) is 1. The Kier molecular flexibility index (Phi) is 4.72. The zero-order valence-corrected chi connectivity index (χ0v) is 13.8. The summed E-state index contributed by atoms with van der Waals surface area (Å²) in [4.78, 5) is 12.5. The van der Waals surface area contributed by atoms with Crippen LogP contribution in [-0.4, -0.2) is 17.0 Å². The van der Waals surface area contributed by atoms with Crippen LogP contribution in [0.15, 0.2) is 24.4 Å². The number of carbonyl (C=O) groups is 1. The molecule has 0 aliphatic heterocycles. The number of amides is 1. The topological polar surface area (TPSA) is 34.0 Å². The summed E-state index contributed by atoms with van der Waals surface area (Å²) in [6.07, 6.45) is 9.66. The van der Waals surface area contributed by atoms with E-state index in [1.54, 1.807) is 0 Å². The van der Waals surface area contributed by atoms with E-state index in [4.69, 9.17) is 11.6 Å². The van der Waals surface area contributed by atoms with E-state index in [2.05, 4.69) is 5.32 Å². The Morgan fingerprint density at radius 1 is 1.27 bits per heavy atom. The Hall–Kier alpha value is -1.48. The standard InChI is InChI=1S/C18H23ClN2O/c1-21-12-16(15-9-8-14(19)10-17(15)21)18(22)20-11-13-6-4-2-3-5-7-13/h8-10,12-13H,2-7,11H2,1H3,(H,20,22). The summed E-state index contributed by atoms with van der Waals surface area (Å²) in [6, 6.07) is 5.67. The first-order valence-corrected chi connectivity index (χ1v) is 8.56. The maximum absolute atomic E-state index is 12.5. The average Bonchev–Trinajstić information content (AvgIpc) is 2.69. The maximum atomic E-state index is 12.5. The Morgan fingerprint density at radius 3 is 2.73 bits per heavy atom. The molecule has 3 nitrogen and oxygen atoms in total. The third kappa shape index (κ3) is 3.30. The van der Waals surface area contributed by atoms with Crippen LogP contribution >= 0.6 is 11.6 Å². The molecule has 1 fully saturated rings. The fraction of sp³-hybridized carbons (Fsp3) is 0.500. The minimum atomic E-state index is 0.0252. The Morgan fingerprint density at radius 2 is 2.00 bits per heavy atom. The van der Waals surface area contributed by atoms with Gasteiger partial charge in [0.05, 0.1) is 11.1 Å². The van der Waals surface area contributed by atoms with Crippen molar-refractivity contribution in [3.63, 3.8) is 0 Å². The number of halogens is 1. The molecule has 0 radical (unpaired) electrons. The third-order valence-electron chi connectivity index (χ3n) is 4.72.